The second-order valence-electron chi connectivity index (χ2n) is 3.80. The summed E-state index contributed by atoms with van der Waals surface area (Å²) in [5, 5.41) is 4.70. The Balaban J connectivity index is 2.84. The van der Waals surface area contributed by atoms with Crippen LogP contribution in [0.4, 0.5) is 10.5 Å². The highest BCUT2D eigenvalue weighted by molar-refractivity contribution is 7.55. The van der Waals surface area contributed by atoms with Crippen LogP contribution in [0.2, 0.25) is 0 Å². The maximum absolute atomic E-state index is 12.3. The van der Waals surface area contributed by atoms with Crippen molar-refractivity contribution in [2.45, 2.75) is 5.78 Å². The van der Waals surface area contributed by atoms with Crippen LogP contribution in [0, 0.1) is 0 Å². The van der Waals surface area contributed by atoms with Crippen LogP contribution in [-0.4, -0.2) is 39.1 Å². The number of hydrogen-bond acceptors (Lipinski definition) is 6. The van der Waals surface area contributed by atoms with Gasteiger partial charge in [-0.3, -0.25) is 4.57 Å². The fourth-order valence-corrected chi connectivity index (χ4v) is 2.69. The van der Waals surface area contributed by atoms with Gasteiger partial charge in [0.25, 0.3) is 0 Å². The van der Waals surface area contributed by atoms with Crippen LogP contribution < -0.4 is 10.6 Å². The molecular weight excluding hydrogens is 299 g/mol. The second kappa shape index (κ2) is 7.78. The SMILES string of the molecule is COC(=O)C(NC(=O)Nc1ccccc1)P(=O)(OC)OC. The molecule has 2 N–H and O–H groups in total. The van der Waals surface area contributed by atoms with E-state index in [1.54, 1.807) is 30.3 Å². The Morgan fingerprint density at radius 3 is 2.14 bits per heavy atom. The highest BCUT2D eigenvalue weighted by Crippen LogP contribution is 2.50. The number of hydrogen-bond donors (Lipinski definition) is 2. The summed E-state index contributed by atoms with van der Waals surface area (Å²) in [6.07, 6.45) is 0. The molecule has 0 bridgehead atoms. The van der Waals surface area contributed by atoms with Crippen molar-refractivity contribution < 1.29 is 27.9 Å². The number of anilines is 1. The third-order valence-corrected chi connectivity index (χ3v) is 4.54. The minimum atomic E-state index is -3.87. The number of rotatable bonds is 6. The van der Waals surface area contributed by atoms with Crippen molar-refractivity contribution in [2.75, 3.05) is 26.6 Å². The van der Waals surface area contributed by atoms with Gasteiger partial charge in [0.05, 0.1) is 7.11 Å². The lowest BCUT2D eigenvalue weighted by atomic mass is 10.3. The highest BCUT2D eigenvalue weighted by Gasteiger charge is 2.42. The van der Waals surface area contributed by atoms with Crippen molar-refractivity contribution in [3.05, 3.63) is 30.3 Å². The van der Waals surface area contributed by atoms with Crippen LogP contribution >= 0.6 is 7.60 Å². The molecule has 0 saturated heterocycles. The van der Waals surface area contributed by atoms with Gasteiger partial charge in [0, 0.05) is 19.9 Å². The van der Waals surface area contributed by atoms with E-state index in [0.717, 1.165) is 21.3 Å². The van der Waals surface area contributed by atoms with Crippen LogP contribution in [-0.2, 0) is 23.1 Å². The van der Waals surface area contributed by atoms with Crippen molar-refractivity contribution in [3.8, 4) is 0 Å². The molecule has 1 rings (SSSR count). The normalized spacial score (nSPS) is 12.3. The topological polar surface area (TPSA) is 103 Å². The van der Waals surface area contributed by atoms with Crippen LogP contribution in [0.3, 0.4) is 0 Å². The zero-order chi connectivity index (χ0) is 15.9. The van der Waals surface area contributed by atoms with Crippen molar-refractivity contribution in [3.63, 3.8) is 0 Å². The molecule has 0 aliphatic rings. The molecule has 8 nitrogen and oxygen atoms in total. The van der Waals surface area contributed by atoms with E-state index in [1.165, 1.54) is 0 Å². The van der Waals surface area contributed by atoms with Gasteiger partial charge in [-0.2, -0.15) is 0 Å². The molecule has 0 fully saturated rings. The summed E-state index contributed by atoms with van der Waals surface area (Å²) in [5.41, 5.74) is 0.503. The van der Waals surface area contributed by atoms with Gasteiger partial charge in [0.2, 0.25) is 5.78 Å². The number of amides is 2. The molecule has 0 saturated carbocycles. The minimum absolute atomic E-state index is 0.503. The number of ether oxygens (including phenoxy) is 1. The lowest BCUT2D eigenvalue weighted by Gasteiger charge is -2.23. The van der Waals surface area contributed by atoms with Crippen molar-refractivity contribution >= 4 is 25.3 Å². The summed E-state index contributed by atoms with van der Waals surface area (Å²) in [5.74, 6) is -2.51. The molecule has 0 radical (unpaired) electrons. The summed E-state index contributed by atoms with van der Waals surface area (Å²) in [7, 11) is -0.554. The van der Waals surface area contributed by atoms with Crippen LogP contribution in [0.25, 0.3) is 0 Å². The van der Waals surface area contributed by atoms with E-state index in [4.69, 9.17) is 9.05 Å². The first kappa shape index (κ1) is 17.2. The van der Waals surface area contributed by atoms with Gasteiger partial charge >= 0.3 is 19.6 Å². The maximum atomic E-state index is 12.3. The van der Waals surface area contributed by atoms with Crippen molar-refractivity contribution in [1.82, 2.24) is 5.32 Å². The van der Waals surface area contributed by atoms with Gasteiger partial charge < -0.3 is 24.4 Å². The summed E-state index contributed by atoms with van der Waals surface area (Å²) < 4.78 is 26.2. The Morgan fingerprint density at radius 2 is 1.67 bits per heavy atom. The van der Waals surface area contributed by atoms with E-state index < -0.39 is 25.4 Å². The summed E-state index contributed by atoms with van der Waals surface area (Å²) in [6, 6.07) is 7.79. The number of carbonyl (C=O) groups is 2. The van der Waals surface area contributed by atoms with E-state index >= 15 is 0 Å². The van der Waals surface area contributed by atoms with Gasteiger partial charge in [-0.1, -0.05) is 18.2 Å². The number of esters is 1. The zero-order valence-electron chi connectivity index (χ0n) is 11.9. The first-order valence-electron chi connectivity index (χ1n) is 5.88. The lowest BCUT2D eigenvalue weighted by Crippen LogP contribution is -2.44. The Hall–Kier alpha value is -1.89. The molecular formula is C12H17N2O6P. The molecule has 1 unspecified atom stereocenters. The number of benzene rings is 1. The molecule has 1 aromatic carbocycles. The number of nitrogens with one attached hydrogen (secondary N) is 2. The highest BCUT2D eigenvalue weighted by atomic mass is 31.2. The van der Waals surface area contributed by atoms with Gasteiger partial charge in [-0.05, 0) is 12.1 Å². The van der Waals surface area contributed by atoms with Gasteiger partial charge in [-0.25, -0.2) is 9.59 Å². The molecule has 0 spiro atoms. The Bertz CT molecular complexity index is 528. The predicted octanol–water partition coefficient (Wildman–Crippen LogP) is 1.79. The molecule has 2 amide bonds. The number of methoxy groups -OCH3 is 1. The van der Waals surface area contributed by atoms with Gasteiger partial charge in [0.1, 0.15) is 0 Å². The first-order chi connectivity index (χ1) is 9.96. The van der Waals surface area contributed by atoms with E-state index in [9.17, 15) is 14.2 Å². The molecule has 21 heavy (non-hydrogen) atoms. The average Bonchev–Trinajstić information content (AvgIpc) is 2.52. The minimum Gasteiger partial charge on any atom is -0.467 e. The van der Waals surface area contributed by atoms with E-state index in [1.807, 2.05) is 0 Å². The van der Waals surface area contributed by atoms with Gasteiger partial charge in [-0.15, -0.1) is 0 Å². The number of urea groups is 1. The molecule has 9 heteroatoms. The first-order valence-corrected chi connectivity index (χ1v) is 7.49. The van der Waals surface area contributed by atoms with Crippen molar-refractivity contribution in [1.29, 1.82) is 0 Å². The molecule has 0 aliphatic heterocycles. The maximum Gasteiger partial charge on any atom is 0.363 e. The van der Waals surface area contributed by atoms with E-state index in [-0.39, 0.29) is 0 Å². The van der Waals surface area contributed by atoms with Gasteiger partial charge in [0.15, 0.2) is 0 Å². The third kappa shape index (κ3) is 4.56. The van der Waals surface area contributed by atoms with Crippen LogP contribution in [0.15, 0.2) is 30.3 Å². The summed E-state index contributed by atoms with van der Waals surface area (Å²) in [6.45, 7) is 0. The molecule has 0 aromatic heterocycles. The summed E-state index contributed by atoms with van der Waals surface area (Å²) in [4.78, 5) is 23.5. The Kier molecular flexibility index (Phi) is 6.36. The lowest BCUT2D eigenvalue weighted by molar-refractivity contribution is -0.141. The smallest absolute Gasteiger partial charge is 0.363 e. The second-order valence-corrected chi connectivity index (χ2v) is 6.12. The van der Waals surface area contributed by atoms with E-state index in [0.29, 0.717) is 5.69 Å². The predicted molar refractivity (Wildman–Crippen MR) is 76.0 cm³/mol. The molecule has 0 aliphatic carbocycles. The largest absolute Gasteiger partial charge is 0.467 e. The fraction of sp³-hybridized carbons (Fsp3) is 0.333. The third-order valence-electron chi connectivity index (χ3n) is 2.55. The molecule has 1 atom stereocenters. The summed E-state index contributed by atoms with van der Waals surface area (Å²) >= 11 is 0. The molecule has 1 aromatic rings. The zero-order valence-corrected chi connectivity index (χ0v) is 12.8. The Morgan fingerprint density at radius 1 is 1.10 bits per heavy atom. The quantitative estimate of drug-likeness (QED) is 0.612. The van der Waals surface area contributed by atoms with Crippen LogP contribution in [0.5, 0.6) is 0 Å². The Labute approximate surface area is 122 Å². The van der Waals surface area contributed by atoms with Crippen molar-refractivity contribution in [2.24, 2.45) is 0 Å². The fourth-order valence-electron chi connectivity index (χ4n) is 1.48. The molecule has 0 heterocycles. The van der Waals surface area contributed by atoms with Crippen LogP contribution in [0.1, 0.15) is 0 Å². The molecule has 116 valence electrons. The number of para-hydroxylation sites is 1. The number of carbonyl (C=O) groups excluding carboxylic acids is 2. The standard InChI is InChI=1S/C12H17N2O6P/c1-18-11(15)10(21(17,19-2)20-3)14-12(16)13-9-7-5-4-6-8-9/h4-8,10H,1-3H3,(H2,13,14,16). The monoisotopic (exact) mass is 316 g/mol. The average molecular weight is 316 g/mol. The van der Waals surface area contributed by atoms with E-state index in [2.05, 4.69) is 15.4 Å².